The molecule has 2 heteroatoms. The fourth-order valence-corrected chi connectivity index (χ4v) is 1.18. The van der Waals surface area contributed by atoms with Crippen LogP contribution < -0.4 is 0 Å². The average Bonchev–Trinajstić information content (AvgIpc) is 1.99. The monoisotopic (exact) mass is 169 g/mol. The normalized spacial score (nSPS) is 18.4. The summed E-state index contributed by atoms with van der Waals surface area (Å²) in [5, 5.41) is 18.8. The van der Waals surface area contributed by atoms with Gasteiger partial charge in [0, 0.05) is 0 Å². The Hall–Kier alpha value is -0.550. The summed E-state index contributed by atoms with van der Waals surface area (Å²) in [5.74, 6) is -0.101. The maximum Gasteiger partial charge on any atom is 0.0800 e. The van der Waals surface area contributed by atoms with E-state index in [4.69, 9.17) is 5.26 Å². The predicted octanol–water partition coefficient (Wildman–Crippen LogP) is 2.33. The Balaban J connectivity index is 4.39. The predicted molar refractivity (Wildman–Crippen MR) is 49.5 cm³/mol. The zero-order valence-corrected chi connectivity index (χ0v) is 8.46. The Morgan fingerprint density at radius 1 is 1.50 bits per heavy atom. The van der Waals surface area contributed by atoms with Crippen LogP contribution in [0.25, 0.3) is 0 Å². The summed E-state index contributed by atoms with van der Waals surface area (Å²) in [6.45, 7) is 7.67. The Bertz CT molecular complexity index is 167. The van der Waals surface area contributed by atoms with Crippen LogP contribution in [0.1, 0.15) is 40.5 Å². The molecule has 0 bridgehead atoms. The van der Waals surface area contributed by atoms with Gasteiger partial charge in [0.05, 0.1) is 17.6 Å². The molecule has 0 aliphatic heterocycles. The summed E-state index contributed by atoms with van der Waals surface area (Å²) in [6, 6.07) is 2.17. The van der Waals surface area contributed by atoms with Gasteiger partial charge in [0.25, 0.3) is 0 Å². The van der Waals surface area contributed by atoms with Gasteiger partial charge in [-0.25, -0.2) is 0 Å². The highest BCUT2D eigenvalue weighted by Crippen LogP contribution is 2.28. The summed E-state index contributed by atoms with van der Waals surface area (Å²) in [4.78, 5) is 0. The number of rotatable bonds is 4. The van der Waals surface area contributed by atoms with E-state index in [-0.39, 0.29) is 11.8 Å². The second-order valence-electron chi connectivity index (χ2n) is 3.85. The Morgan fingerprint density at radius 3 is 2.25 bits per heavy atom. The van der Waals surface area contributed by atoms with Crippen LogP contribution in [0.15, 0.2) is 0 Å². The van der Waals surface area contributed by atoms with E-state index >= 15 is 0 Å². The maximum absolute atomic E-state index is 9.96. The summed E-state index contributed by atoms with van der Waals surface area (Å²) in [5.41, 5.74) is -0.843. The molecular formula is C10H19NO. The molecule has 0 aromatic carbocycles. The lowest BCUT2D eigenvalue weighted by Gasteiger charge is -2.32. The van der Waals surface area contributed by atoms with Gasteiger partial charge in [-0.05, 0) is 19.3 Å². The molecule has 2 unspecified atom stereocenters. The number of nitrogens with zero attached hydrogens (tertiary/aromatic N) is 1. The Kier molecular flexibility index (Phi) is 4.26. The van der Waals surface area contributed by atoms with Crippen LogP contribution in [0, 0.1) is 23.2 Å². The smallest absolute Gasteiger partial charge is 0.0800 e. The van der Waals surface area contributed by atoms with Gasteiger partial charge in [-0.15, -0.1) is 0 Å². The molecule has 70 valence electrons. The average molecular weight is 169 g/mol. The van der Waals surface area contributed by atoms with Gasteiger partial charge < -0.3 is 5.11 Å². The van der Waals surface area contributed by atoms with Gasteiger partial charge >= 0.3 is 0 Å². The first-order chi connectivity index (χ1) is 5.46. The van der Waals surface area contributed by atoms with Crippen LogP contribution in [0.4, 0.5) is 0 Å². The van der Waals surface area contributed by atoms with Crippen molar-refractivity contribution in [3.8, 4) is 6.07 Å². The van der Waals surface area contributed by atoms with E-state index in [0.717, 1.165) is 12.8 Å². The standard InChI is InChI=1S/C10H19NO/c1-5-6-9(7-11)10(4,12)8(2)3/h8-9,12H,5-6H2,1-4H3. The van der Waals surface area contributed by atoms with E-state index < -0.39 is 5.60 Å². The van der Waals surface area contributed by atoms with Crippen molar-refractivity contribution in [2.45, 2.75) is 46.1 Å². The summed E-state index contributed by atoms with van der Waals surface area (Å²) < 4.78 is 0. The third kappa shape index (κ3) is 2.49. The van der Waals surface area contributed by atoms with Gasteiger partial charge in [-0.2, -0.15) is 5.26 Å². The molecular weight excluding hydrogens is 150 g/mol. The van der Waals surface area contributed by atoms with Crippen molar-refractivity contribution in [1.29, 1.82) is 5.26 Å². The molecule has 2 atom stereocenters. The van der Waals surface area contributed by atoms with Gasteiger partial charge in [-0.1, -0.05) is 27.2 Å². The highest BCUT2D eigenvalue weighted by Gasteiger charge is 2.34. The Labute approximate surface area is 75.2 Å². The van der Waals surface area contributed by atoms with Crippen LogP contribution in [0.5, 0.6) is 0 Å². The number of hydrogen-bond donors (Lipinski definition) is 1. The van der Waals surface area contributed by atoms with Crippen molar-refractivity contribution < 1.29 is 5.11 Å². The summed E-state index contributed by atoms with van der Waals surface area (Å²) in [7, 11) is 0. The van der Waals surface area contributed by atoms with Crippen molar-refractivity contribution >= 4 is 0 Å². The fourth-order valence-electron chi connectivity index (χ4n) is 1.18. The van der Waals surface area contributed by atoms with Gasteiger partial charge in [0.1, 0.15) is 0 Å². The van der Waals surface area contributed by atoms with Crippen LogP contribution in [0.3, 0.4) is 0 Å². The first-order valence-corrected chi connectivity index (χ1v) is 4.58. The lowest BCUT2D eigenvalue weighted by atomic mass is 9.79. The molecule has 0 aliphatic carbocycles. The maximum atomic E-state index is 9.96. The Morgan fingerprint density at radius 2 is 2.00 bits per heavy atom. The number of nitriles is 1. The van der Waals surface area contributed by atoms with E-state index in [1.165, 1.54) is 0 Å². The third-order valence-corrected chi connectivity index (χ3v) is 2.61. The van der Waals surface area contributed by atoms with Crippen LogP contribution in [-0.4, -0.2) is 10.7 Å². The van der Waals surface area contributed by atoms with Crippen LogP contribution >= 0.6 is 0 Å². The molecule has 0 aromatic heterocycles. The largest absolute Gasteiger partial charge is 0.389 e. The van der Waals surface area contributed by atoms with Crippen LogP contribution in [-0.2, 0) is 0 Å². The lowest BCUT2D eigenvalue weighted by Crippen LogP contribution is -2.39. The van der Waals surface area contributed by atoms with Crippen molar-refractivity contribution in [3.05, 3.63) is 0 Å². The van der Waals surface area contributed by atoms with Gasteiger partial charge in [-0.3, -0.25) is 0 Å². The van der Waals surface area contributed by atoms with E-state index in [1.54, 1.807) is 6.92 Å². The molecule has 1 N–H and O–H groups in total. The fraction of sp³-hybridized carbons (Fsp3) is 0.900. The molecule has 0 rings (SSSR count). The molecule has 0 radical (unpaired) electrons. The second-order valence-corrected chi connectivity index (χ2v) is 3.85. The number of hydrogen-bond acceptors (Lipinski definition) is 2. The summed E-state index contributed by atoms with van der Waals surface area (Å²) >= 11 is 0. The zero-order valence-electron chi connectivity index (χ0n) is 8.46. The van der Waals surface area contributed by atoms with E-state index in [1.807, 2.05) is 20.8 Å². The first-order valence-electron chi connectivity index (χ1n) is 4.58. The van der Waals surface area contributed by atoms with Crippen LogP contribution in [0.2, 0.25) is 0 Å². The highest BCUT2D eigenvalue weighted by molar-refractivity contribution is 4.97. The minimum atomic E-state index is -0.843. The molecule has 0 aromatic rings. The molecule has 2 nitrogen and oxygen atoms in total. The molecule has 0 saturated carbocycles. The minimum Gasteiger partial charge on any atom is -0.389 e. The van der Waals surface area contributed by atoms with E-state index in [0.29, 0.717) is 0 Å². The minimum absolute atomic E-state index is 0.133. The highest BCUT2D eigenvalue weighted by atomic mass is 16.3. The van der Waals surface area contributed by atoms with E-state index in [9.17, 15) is 5.11 Å². The lowest BCUT2D eigenvalue weighted by molar-refractivity contribution is -0.0251. The van der Waals surface area contributed by atoms with Crippen molar-refractivity contribution in [2.75, 3.05) is 0 Å². The molecule has 0 amide bonds. The third-order valence-electron chi connectivity index (χ3n) is 2.61. The molecule has 0 aliphatic rings. The molecule has 0 spiro atoms. The quantitative estimate of drug-likeness (QED) is 0.702. The van der Waals surface area contributed by atoms with E-state index in [2.05, 4.69) is 6.07 Å². The van der Waals surface area contributed by atoms with Gasteiger partial charge in [0.15, 0.2) is 0 Å². The van der Waals surface area contributed by atoms with Crippen molar-refractivity contribution in [2.24, 2.45) is 11.8 Å². The van der Waals surface area contributed by atoms with Crippen molar-refractivity contribution in [1.82, 2.24) is 0 Å². The molecule has 0 fully saturated rings. The zero-order chi connectivity index (χ0) is 9.78. The molecule has 0 heterocycles. The second kappa shape index (κ2) is 4.47. The molecule has 0 saturated heterocycles. The number of aliphatic hydroxyl groups is 1. The summed E-state index contributed by atoms with van der Waals surface area (Å²) in [6.07, 6.45) is 1.72. The topological polar surface area (TPSA) is 44.0 Å². The van der Waals surface area contributed by atoms with Crippen molar-refractivity contribution in [3.63, 3.8) is 0 Å². The molecule has 12 heavy (non-hydrogen) atoms. The van der Waals surface area contributed by atoms with Gasteiger partial charge in [0.2, 0.25) is 0 Å². The SMILES string of the molecule is CCCC(C#N)C(C)(O)C(C)C. The first kappa shape index (κ1) is 11.4.